The van der Waals surface area contributed by atoms with Crippen LogP contribution in [0.2, 0.25) is 0 Å². The second-order valence-corrected chi connectivity index (χ2v) is 7.61. The van der Waals surface area contributed by atoms with Crippen molar-refractivity contribution in [1.29, 1.82) is 0 Å². The van der Waals surface area contributed by atoms with E-state index in [1.54, 1.807) is 24.3 Å². The standard InChI is InChI=1S/C21H27N3O5/c1-23(13-18(25)22-14-6-5-7-15(12-14)29-2)19(26)10-11-24-20(27)16-8-3-4-9-17(16)21(24)28/h5-7,12,16-17H,3-4,8-11,13H2,1-2H3,(H,22,25)/t16-,17-/m1/s1. The van der Waals surface area contributed by atoms with Gasteiger partial charge in [0.05, 0.1) is 25.5 Å². The van der Waals surface area contributed by atoms with Gasteiger partial charge in [-0.3, -0.25) is 24.1 Å². The first-order valence-corrected chi connectivity index (χ1v) is 9.94. The Morgan fingerprint density at radius 2 is 1.83 bits per heavy atom. The van der Waals surface area contributed by atoms with Crippen LogP contribution in [0.5, 0.6) is 5.75 Å². The quantitative estimate of drug-likeness (QED) is 0.701. The molecule has 1 aliphatic heterocycles. The van der Waals surface area contributed by atoms with Crippen molar-refractivity contribution < 1.29 is 23.9 Å². The molecule has 2 atom stereocenters. The summed E-state index contributed by atoms with van der Waals surface area (Å²) in [5.74, 6) is -0.727. The van der Waals surface area contributed by atoms with Crippen LogP contribution in [0.4, 0.5) is 5.69 Å². The topological polar surface area (TPSA) is 96.0 Å². The molecule has 0 bridgehead atoms. The fraction of sp³-hybridized carbons (Fsp3) is 0.524. The maximum Gasteiger partial charge on any atom is 0.243 e. The third-order valence-corrected chi connectivity index (χ3v) is 5.64. The van der Waals surface area contributed by atoms with Gasteiger partial charge in [0, 0.05) is 31.8 Å². The lowest BCUT2D eigenvalue weighted by Crippen LogP contribution is -2.38. The molecule has 1 saturated carbocycles. The van der Waals surface area contributed by atoms with Gasteiger partial charge >= 0.3 is 0 Å². The highest BCUT2D eigenvalue weighted by molar-refractivity contribution is 6.05. The molecule has 0 spiro atoms. The third kappa shape index (κ3) is 4.75. The number of hydrogen-bond donors (Lipinski definition) is 1. The van der Waals surface area contributed by atoms with E-state index in [4.69, 9.17) is 4.74 Å². The van der Waals surface area contributed by atoms with Gasteiger partial charge in [-0.1, -0.05) is 18.9 Å². The molecule has 2 fully saturated rings. The molecule has 0 aromatic heterocycles. The fourth-order valence-electron chi connectivity index (χ4n) is 4.05. The number of fused-ring (bicyclic) bond motifs is 1. The summed E-state index contributed by atoms with van der Waals surface area (Å²) in [6.45, 7) is -0.0471. The highest BCUT2D eigenvalue weighted by atomic mass is 16.5. The Bertz CT molecular complexity index is 785. The number of rotatable bonds is 7. The Morgan fingerprint density at radius 1 is 1.17 bits per heavy atom. The van der Waals surface area contributed by atoms with Crippen LogP contribution < -0.4 is 10.1 Å². The van der Waals surface area contributed by atoms with Crippen molar-refractivity contribution in [2.24, 2.45) is 11.8 Å². The lowest BCUT2D eigenvalue weighted by atomic mass is 9.81. The van der Waals surface area contributed by atoms with E-state index >= 15 is 0 Å². The number of carbonyl (C=O) groups is 4. The number of carbonyl (C=O) groups excluding carboxylic acids is 4. The molecular weight excluding hydrogens is 374 g/mol. The number of likely N-dealkylation sites (tertiary alicyclic amines) is 1. The predicted octanol–water partition coefficient (Wildman–Crippen LogP) is 1.66. The number of amides is 4. The number of ether oxygens (including phenoxy) is 1. The van der Waals surface area contributed by atoms with Gasteiger partial charge in [-0.25, -0.2) is 0 Å². The van der Waals surface area contributed by atoms with Crippen LogP contribution in [0.3, 0.4) is 0 Å². The van der Waals surface area contributed by atoms with E-state index in [1.807, 2.05) is 0 Å². The molecule has 1 saturated heterocycles. The zero-order valence-electron chi connectivity index (χ0n) is 16.8. The van der Waals surface area contributed by atoms with E-state index in [0.29, 0.717) is 11.4 Å². The smallest absolute Gasteiger partial charge is 0.243 e. The number of nitrogens with one attached hydrogen (secondary N) is 1. The molecule has 1 aromatic carbocycles. The van der Waals surface area contributed by atoms with E-state index in [0.717, 1.165) is 25.7 Å². The van der Waals surface area contributed by atoms with Crippen molar-refractivity contribution in [3.63, 3.8) is 0 Å². The fourth-order valence-corrected chi connectivity index (χ4v) is 4.05. The minimum absolute atomic E-state index is 0.0137. The minimum Gasteiger partial charge on any atom is -0.497 e. The van der Waals surface area contributed by atoms with Crippen molar-refractivity contribution in [1.82, 2.24) is 9.80 Å². The zero-order valence-corrected chi connectivity index (χ0v) is 16.8. The van der Waals surface area contributed by atoms with Gasteiger partial charge < -0.3 is 15.0 Å². The Morgan fingerprint density at radius 3 is 2.45 bits per heavy atom. The maximum atomic E-state index is 12.5. The van der Waals surface area contributed by atoms with Crippen LogP contribution in [-0.2, 0) is 19.2 Å². The van der Waals surface area contributed by atoms with E-state index in [2.05, 4.69) is 5.32 Å². The molecular formula is C21H27N3O5. The summed E-state index contributed by atoms with van der Waals surface area (Å²) >= 11 is 0. The molecule has 1 aromatic rings. The minimum atomic E-state index is -0.339. The molecule has 1 N–H and O–H groups in total. The molecule has 156 valence electrons. The highest BCUT2D eigenvalue weighted by Gasteiger charge is 2.47. The van der Waals surface area contributed by atoms with Crippen LogP contribution in [0.1, 0.15) is 32.1 Å². The van der Waals surface area contributed by atoms with Crippen molar-refractivity contribution in [3.05, 3.63) is 24.3 Å². The Kier molecular flexibility index (Phi) is 6.51. The summed E-state index contributed by atoms with van der Waals surface area (Å²) in [5.41, 5.74) is 0.575. The van der Waals surface area contributed by atoms with Crippen LogP contribution in [-0.4, -0.2) is 60.7 Å². The molecule has 3 rings (SSSR count). The third-order valence-electron chi connectivity index (χ3n) is 5.64. The summed E-state index contributed by atoms with van der Waals surface area (Å²) in [6, 6.07) is 6.93. The first-order valence-electron chi connectivity index (χ1n) is 9.94. The number of anilines is 1. The molecule has 0 radical (unpaired) electrons. The molecule has 8 heteroatoms. The van der Waals surface area contributed by atoms with E-state index in [-0.39, 0.29) is 55.0 Å². The van der Waals surface area contributed by atoms with Crippen molar-refractivity contribution in [2.75, 3.05) is 32.6 Å². The van der Waals surface area contributed by atoms with E-state index < -0.39 is 0 Å². The lowest BCUT2D eigenvalue weighted by Gasteiger charge is -2.19. The summed E-state index contributed by atoms with van der Waals surface area (Å²) in [5, 5.41) is 2.72. The van der Waals surface area contributed by atoms with Crippen LogP contribution in [0.25, 0.3) is 0 Å². The number of benzene rings is 1. The molecule has 1 heterocycles. The van der Waals surface area contributed by atoms with Crippen molar-refractivity contribution >= 4 is 29.3 Å². The average molecular weight is 401 g/mol. The number of imide groups is 1. The monoisotopic (exact) mass is 401 g/mol. The van der Waals surface area contributed by atoms with E-state index in [1.165, 1.54) is 24.0 Å². The molecule has 29 heavy (non-hydrogen) atoms. The van der Waals surface area contributed by atoms with Gasteiger partial charge in [-0.15, -0.1) is 0 Å². The molecule has 0 unspecified atom stereocenters. The Labute approximate surface area is 170 Å². The van der Waals surface area contributed by atoms with Crippen LogP contribution >= 0.6 is 0 Å². The maximum absolute atomic E-state index is 12.5. The van der Waals surface area contributed by atoms with E-state index in [9.17, 15) is 19.2 Å². The second kappa shape index (κ2) is 9.07. The lowest BCUT2D eigenvalue weighted by molar-refractivity contribution is -0.141. The summed E-state index contributed by atoms with van der Waals surface area (Å²) in [4.78, 5) is 52.1. The van der Waals surface area contributed by atoms with Crippen LogP contribution in [0.15, 0.2) is 24.3 Å². The van der Waals surface area contributed by atoms with Gasteiger partial charge in [0.15, 0.2) is 0 Å². The molecule has 8 nitrogen and oxygen atoms in total. The van der Waals surface area contributed by atoms with Gasteiger partial charge in [-0.2, -0.15) is 0 Å². The van der Waals surface area contributed by atoms with Gasteiger partial charge in [0.1, 0.15) is 5.75 Å². The van der Waals surface area contributed by atoms with Gasteiger partial charge in [0.2, 0.25) is 23.6 Å². The summed E-state index contributed by atoms with van der Waals surface area (Å²) < 4.78 is 5.11. The van der Waals surface area contributed by atoms with Crippen molar-refractivity contribution in [2.45, 2.75) is 32.1 Å². The van der Waals surface area contributed by atoms with Gasteiger partial charge in [-0.05, 0) is 25.0 Å². The van der Waals surface area contributed by atoms with Gasteiger partial charge in [0.25, 0.3) is 0 Å². The molecule has 4 amide bonds. The first-order chi connectivity index (χ1) is 13.9. The zero-order chi connectivity index (χ0) is 21.0. The Hall–Kier alpha value is -2.90. The summed E-state index contributed by atoms with van der Waals surface area (Å²) in [7, 11) is 3.07. The normalized spacial score (nSPS) is 21.0. The highest BCUT2D eigenvalue weighted by Crippen LogP contribution is 2.37. The number of hydrogen-bond acceptors (Lipinski definition) is 5. The largest absolute Gasteiger partial charge is 0.497 e. The summed E-state index contributed by atoms with van der Waals surface area (Å²) in [6.07, 6.45) is 3.46. The SMILES string of the molecule is COc1cccc(NC(=O)CN(C)C(=O)CCN2C(=O)[C@@H]3CCCC[C@H]3C2=O)c1. The number of likely N-dealkylation sites (N-methyl/N-ethyl adjacent to an activating group) is 1. The molecule has 1 aliphatic carbocycles. The average Bonchev–Trinajstić information content (AvgIpc) is 2.96. The molecule has 2 aliphatic rings. The number of nitrogens with zero attached hydrogens (tertiary/aromatic N) is 2. The first kappa shape index (κ1) is 20.8. The number of methoxy groups -OCH3 is 1. The van der Waals surface area contributed by atoms with Crippen molar-refractivity contribution in [3.8, 4) is 5.75 Å². The second-order valence-electron chi connectivity index (χ2n) is 7.61. The van der Waals surface area contributed by atoms with Crippen LogP contribution in [0, 0.1) is 11.8 Å². The predicted molar refractivity (Wildman–Crippen MR) is 106 cm³/mol. The Balaban J connectivity index is 1.48.